The third kappa shape index (κ3) is 2.06. The van der Waals surface area contributed by atoms with Crippen LogP contribution in [0.2, 0.25) is 0 Å². The van der Waals surface area contributed by atoms with Gasteiger partial charge >= 0.3 is 0 Å². The minimum atomic E-state index is 0.138. The highest BCUT2D eigenvalue weighted by Gasteiger charge is 2.07. The first kappa shape index (κ1) is 9.09. The Morgan fingerprint density at radius 1 is 1.29 bits per heavy atom. The number of ketones is 1. The fraction of sp³-hybridized carbons (Fsp3) is 0.0909. The van der Waals surface area contributed by atoms with Crippen LogP contribution in [-0.2, 0) is 6.42 Å². The van der Waals surface area contributed by atoms with Crippen LogP contribution in [0.15, 0.2) is 41.9 Å². The lowest BCUT2D eigenvalue weighted by molar-refractivity contribution is 0.0996. The topological polar surface area (TPSA) is 30.0 Å². The van der Waals surface area contributed by atoms with Crippen molar-refractivity contribution < 1.29 is 4.79 Å². The van der Waals surface area contributed by atoms with Gasteiger partial charge in [-0.05, 0) is 23.6 Å². The second-order valence-electron chi connectivity index (χ2n) is 2.90. The average molecular weight is 203 g/mol. The van der Waals surface area contributed by atoms with Crippen LogP contribution in [0.4, 0.5) is 0 Å². The van der Waals surface area contributed by atoms with E-state index in [-0.39, 0.29) is 5.78 Å². The minimum absolute atomic E-state index is 0.138. The summed E-state index contributed by atoms with van der Waals surface area (Å²) in [6.45, 7) is 0. The van der Waals surface area contributed by atoms with Gasteiger partial charge < -0.3 is 0 Å². The zero-order chi connectivity index (χ0) is 9.80. The molecule has 0 radical (unpaired) electrons. The van der Waals surface area contributed by atoms with Gasteiger partial charge in [-0.25, -0.2) is 0 Å². The van der Waals surface area contributed by atoms with Crippen molar-refractivity contribution in [1.82, 2.24) is 4.98 Å². The molecule has 2 aromatic heterocycles. The summed E-state index contributed by atoms with van der Waals surface area (Å²) in [5, 5.41) is 1.91. The van der Waals surface area contributed by atoms with Crippen molar-refractivity contribution >= 4 is 17.1 Å². The quantitative estimate of drug-likeness (QED) is 0.717. The average Bonchev–Trinajstić information content (AvgIpc) is 2.72. The highest BCUT2D eigenvalue weighted by Crippen LogP contribution is 2.11. The molecule has 2 rings (SSSR count). The number of nitrogens with zero attached hydrogens (tertiary/aromatic N) is 1. The summed E-state index contributed by atoms with van der Waals surface area (Å²) < 4.78 is 0. The van der Waals surface area contributed by atoms with E-state index < -0.39 is 0 Å². The monoisotopic (exact) mass is 203 g/mol. The summed E-state index contributed by atoms with van der Waals surface area (Å²) >= 11 is 1.47. The van der Waals surface area contributed by atoms with Crippen molar-refractivity contribution in [2.75, 3.05) is 0 Å². The number of carbonyl (C=O) groups excluding carboxylic acids is 1. The number of pyridine rings is 1. The third-order valence-electron chi connectivity index (χ3n) is 1.86. The molecule has 14 heavy (non-hydrogen) atoms. The zero-order valence-corrected chi connectivity index (χ0v) is 8.33. The summed E-state index contributed by atoms with van der Waals surface area (Å²) in [5.41, 5.74) is 0.825. The molecule has 0 aromatic carbocycles. The van der Waals surface area contributed by atoms with E-state index in [0.29, 0.717) is 6.42 Å². The van der Waals surface area contributed by atoms with Crippen LogP contribution < -0.4 is 0 Å². The number of rotatable bonds is 3. The van der Waals surface area contributed by atoms with Crippen molar-refractivity contribution in [2.45, 2.75) is 6.42 Å². The first-order chi connectivity index (χ1) is 6.86. The van der Waals surface area contributed by atoms with Crippen LogP contribution in [0.3, 0.4) is 0 Å². The standard InChI is InChI=1S/C11H9NOS/c13-10(11-5-3-7-14-11)8-9-4-1-2-6-12-9/h1-7H,8H2. The first-order valence-corrected chi connectivity index (χ1v) is 5.21. The molecule has 0 aliphatic carbocycles. The van der Waals surface area contributed by atoms with Crippen molar-refractivity contribution in [3.8, 4) is 0 Å². The molecule has 0 unspecified atom stereocenters. The maximum absolute atomic E-state index is 11.6. The molecule has 2 nitrogen and oxygen atoms in total. The Labute approximate surface area is 86.2 Å². The molecule has 0 amide bonds. The Morgan fingerprint density at radius 3 is 2.86 bits per heavy atom. The second kappa shape index (κ2) is 4.15. The molecular weight excluding hydrogens is 194 g/mol. The van der Waals surface area contributed by atoms with Gasteiger partial charge in [0.15, 0.2) is 5.78 Å². The molecule has 0 fully saturated rings. The van der Waals surface area contributed by atoms with E-state index in [1.165, 1.54) is 11.3 Å². The number of hydrogen-bond donors (Lipinski definition) is 0. The summed E-state index contributed by atoms with van der Waals surface area (Å²) in [6.07, 6.45) is 2.10. The van der Waals surface area contributed by atoms with Gasteiger partial charge in [-0.15, -0.1) is 11.3 Å². The van der Waals surface area contributed by atoms with Gasteiger partial charge in [0.25, 0.3) is 0 Å². The van der Waals surface area contributed by atoms with Gasteiger partial charge in [0.05, 0.1) is 11.3 Å². The van der Waals surface area contributed by atoms with Gasteiger partial charge in [-0.3, -0.25) is 9.78 Å². The highest BCUT2D eigenvalue weighted by atomic mass is 32.1. The fourth-order valence-electron chi connectivity index (χ4n) is 1.19. The SMILES string of the molecule is O=C(Cc1ccccn1)c1cccs1. The number of aromatic nitrogens is 1. The van der Waals surface area contributed by atoms with Crippen molar-refractivity contribution in [2.24, 2.45) is 0 Å². The lowest BCUT2D eigenvalue weighted by atomic mass is 10.2. The minimum Gasteiger partial charge on any atom is -0.293 e. The predicted molar refractivity (Wildman–Crippen MR) is 56.6 cm³/mol. The molecule has 0 saturated carbocycles. The van der Waals surface area contributed by atoms with Gasteiger partial charge in [0.1, 0.15) is 0 Å². The van der Waals surface area contributed by atoms with Crippen LogP contribution >= 0.6 is 11.3 Å². The highest BCUT2D eigenvalue weighted by molar-refractivity contribution is 7.12. The molecule has 2 aromatic rings. The molecule has 0 bridgehead atoms. The van der Waals surface area contributed by atoms with E-state index >= 15 is 0 Å². The first-order valence-electron chi connectivity index (χ1n) is 4.33. The fourth-order valence-corrected chi connectivity index (χ4v) is 1.86. The molecule has 0 aliphatic heterocycles. The van der Waals surface area contributed by atoms with E-state index in [0.717, 1.165) is 10.6 Å². The van der Waals surface area contributed by atoms with E-state index in [1.807, 2.05) is 35.7 Å². The molecule has 70 valence electrons. The Bertz CT molecular complexity index is 408. The lowest BCUT2D eigenvalue weighted by Gasteiger charge is -1.96. The maximum Gasteiger partial charge on any atom is 0.178 e. The van der Waals surface area contributed by atoms with E-state index in [4.69, 9.17) is 0 Å². The van der Waals surface area contributed by atoms with Crippen molar-refractivity contribution in [3.63, 3.8) is 0 Å². The van der Waals surface area contributed by atoms with Crippen molar-refractivity contribution in [3.05, 3.63) is 52.5 Å². The summed E-state index contributed by atoms with van der Waals surface area (Å²) in [7, 11) is 0. The zero-order valence-electron chi connectivity index (χ0n) is 7.51. The Balaban J connectivity index is 2.10. The van der Waals surface area contributed by atoms with Crippen LogP contribution in [-0.4, -0.2) is 10.8 Å². The molecule has 0 N–H and O–H groups in total. The lowest BCUT2D eigenvalue weighted by Crippen LogP contribution is -2.02. The van der Waals surface area contributed by atoms with Gasteiger partial charge in [0, 0.05) is 11.9 Å². The van der Waals surface area contributed by atoms with Crippen molar-refractivity contribution in [1.29, 1.82) is 0 Å². The Morgan fingerprint density at radius 2 is 2.21 bits per heavy atom. The molecule has 0 spiro atoms. The van der Waals surface area contributed by atoms with Gasteiger partial charge in [0.2, 0.25) is 0 Å². The Hall–Kier alpha value is -1.48. The Kier molecular flexibility index (Phi) is 2.70. The van der Waals surface area contributed by atoms with Gasteiger partial charge in [-0.2, -0.15) is 0 Å². The number of thiophene rings is 1. The number of Topliss-reactive ketones (excluding diaryl/α,β-unsaturated/α-hetero) is 1. The van der Waals surface area contributed by atoms with Crippen LogP contribution in [0.5, 0.6) is 0 Å². The molecule has 2 heterocycles. The summed E-state index contributed by atoms with van der Waals surface area (Å²) in [6, 6.07) is 9.33. The van der Waals surface area contributed by atoms with E-state index in [2.05, 4.69) is 4.98 Å². The van der Waals surface area contributed by atoms with E-state index in [1.54, 1.807) is 6.20 Å². The molecule has 0 aliphatic rings. The van der Waals surface area contributed by atoms with Crippen LogP contribution in [0.25, 0.3) is 0 Å². The van der Waals surface area contributed by atoms with Crippen LogP contribution in [0, 0.1) is 0 Å². The predicted octanol–water partition coefficient (Wildman–Crippen LogP) is 2.57. The second-order valence-corrected chi connectivity index (χ2v) is 3.85. The maximum atomic E-state index is 11.6. The largest absolute Gasteiger partial charge is 0.293 e. The molecule has 3 heteroatoms. The smallest absolute Gasteiger partial charge is 0.178 e. The van der Waals surface area contributed by atoms with Crippen LogP contribution in [0.1, 0.15) is 15.4 Å². The normalized spacial score (nSPS) is 10.0. The van der Waals surface area contributed by atoms with E-state index in [9.17, 15) is 4.79 Å². The number of carbonyl (C=O) groups is 1. The summed E-state index contributed by atoms with van der Waals surface area (Å²) in [5.74, 6) is 0.138. The summed E-state index contributed by atoms with van der Waals surface area (Å²) in [4.78, 5) is 16.6. The van der Waals surface area contributed by atoms with Gasteiger partial charge in [-0.1, -0.05) is 12.1 Å². The third-order valence-corrected chi connectivity index (χ3v) is 2.77. The number of hydrogen-bond acceptors (Lipinski definition) is 3. The molecular formula is C11H9NOS. The molecule has 0 saturated heterocycles. The molecule has 0 atom stereocenters.